The molecule has 1 heterocycles. The minimum absolute atomic E-state index is 0.0203. The summed E-state index contributed by atoms with van der Waals surface area (Å²) in [5.41, 5.74) is 0. The smallest absolute Gasteiger partial charge is 0.178 e. The Morgan fingerprint density at radius 1 is 1.31 bits per heavy atom. The molecule has 5 heteroatoms. The molecule has 1 rings (SSSR count). The van der Waals surface area contributed by atoms with E-state index >= 15 is 0 Å². The van der Waals surface area contributed by atoms with Gasteiger partial charge < -0.3 is 5.11 Å². The van der Waals surface area contributed by atoms with Crippen LogP contribution in [0.1, 0.15) is 6.42 Å². The molecule has 4 nitrogen and oxygen atoms in total. The molecule has 0 bridgehead atoms. The van der Waals surface area contributed by atoms with E-state index in [2.05, 4.69) is 4.98 Å². The van der Waals surface area contributed by atoms with E-state index < -0.39 is 9.84 Å². The quantitative estimate of drug-likeness (QED) is 0.757. The number of rotatable bonds is 4. The number of aliphatic hydroxyl groups is 1. The molecule has 0 aromatic carbocycles. The maximum absolute atomic E-state index is 11.5. The third-order valence-corrected chi connectivity index (χ3v) is 3.40. The third-order valence-electron chi connectivity index (χ3n) is 1.58. The Bertz CT molecular complexity index is 347. The Labute approximate surface area is 77.2 Å². The van der Waals surface area contributed by atoms with Gasteiger partial charge in [0.05, 0.1) is 10.6 Å². The number of hydrogen-bond donors (Lipinski definition) is 1. The topological polar surface area (TPSA) is 67.3 Å². The molecule has 0 saturated heterocycles. The van der Waals surface area contributed by atoms with Crippen molar-refractivity contribution in [3.05, 3.63) is 24.5 Å². The van der Waals surface area contributed by atoms with Crippen LogP contribution in [-0.2, 0) is 9.84 Å². The monoisotopic (exact) mass is 201 g/mol. The molecule has 1 aromatic heterocycles. The SMILES string of the molecule is O=S(=O)(CCCO)c1ccncc1. The first-order valence-electron chi connectivity index (χ1n) is 3.90. The molecule has 0 unspecified atom stereocenters. The summed E-state index contributed by atoms with van der Waals surface area (Å²) in [5.74, 6) is -0.0203. The van der Waals surface area contributed by atoms with Crippen LogP contribution in [0.3, 0.4) is 0 Å². The summed E-state index contributed by atoms with van der Waals surface area (Å²) in [6.07, 6.45) is 3.14. The molecule has 0 spiro atoms. The van der Waals surface area contributed by atoms with Crippen molar-refractivity contribution in [1.82, 2.24) is 4.98 Å². The van der Waals surface area contributed by atoms with Crippen LogP contribution in [0.15, 0.2) is 29.4 Å². The second kappa shape index (κ2) is 4.34. The molecular weight excluding hydrogens is 190 g/mol. The second-order valence-corrected chi connectivity index (χ2v) is 4.69. The number of pyridine rings is 1. The third kappa shape index (κ3) is 2.78. The zero-order chi connectivity index (χ0) is 9.73. The molecule has 0 aliphatic heterocycles. The lowest BCUT2D eigenvalue weighted by Crippen LogP contribution is -2.08. The lowest BCUT2D eigenvalue weighted by atomic mass is 10.5. The van der Waals surface area contributed by atoms with Crippen LogP contribution in [-0.4, -0.2) is 30.9 Å². The summed E-state index contributed by atoms with van der Waals surface area (Å²) in [6, 6.07) is 2.90. The Hall–Kier alpha value is -0.940. The van der Waals surface area contributed by atoms with Crippen LogP contribution < -0.4 is 0 Å². The molecule has 0 fully saturated rings. The molecule has 1 aromatic rings. The number of aliphatic hydroxyl groups excluding tert-OH is 1. The predicted octanol–water partition coefficient (Wildman–Crippen LogP) is 0.238. The highest BCUT2D eigenvalue weighted by Crippen LogP contribution is 2.09. The largest absolute Gasteiger partial charge is 0.396 e. The van der Waals surface area contributed by atoms with E-state index in [4.69, 9.17) is 5.11 Å². The van der Waals surface area contributed by atoms with Crippen LogP contribution in [0, 0.1) is 0 Å². The fourth-order valence-corrected chi connectivity index (χ4v) is 2.20. The summed E-state index contributed by atoms with van der Waals surface area (Å²) in [6.45, 7) is -0.107. The summed E-state index contributed by atoms with van der Waals surface area (Å²) in [4.78, 5) is 3.99. The van der Waals surface area contributed by atoms with Crippen molar-refractivity contribution in [2.45, 2.75) is 11.3 Å². The van der Waals surface area contributed by atoms with Crippen molar-refractivity contribution < 1.29 is 13.5 Å². The molecule has 1 N–H and O–H groups in total. The molecular formula is C8H11NO3S. The maximum Gasteiger partial charge on any atom is 0.178 e. The lowest BCUT2D eigenvalue weighted by molar-refractivity contribution is 0.295. The molecule has 0 saturated carbocycles. The number of aromatic nitrogens is 1. The van der Waals surface area contributed by atoms with E-state index in [0.717, 1.165) is 0 Å². The van der Waals surface area contributed by atoms with Gasteiger partial charge in [-0.3, -0.25) is 4.98 Å². The van der Waals surface area contributed by atoms with Crippen molar-refractivity contribution >= 4 is 9.84 Å². The van der Waals surface area contributed by atoms with Gasteiger partial charge in [0.15, 0.2) is 9.84 Å². The average molecular weight is 201 g/mol. The zero-order valence-electron chi connectivity index (χ0n) is 7.05. The van der Waals surface area contributed by atoms with Gasteiger partial charge in [0, 0.05) is 19.0 Å². The van der Waals surface area contributed by atoms with Crippen molar-refractivity contribution in [2.24, 2.45) is 0 Å². The van der Waals surface area contributed by atoms with Gasteiger partial charge in [-0.2, -0.15) is 0 Å². The van der Waals surface area contributed by atoms with Gasteiger partial charge in [0.25, 0.3) is 0 Å². The van der Waals surface area contributed by atoms with E-state index in [-0.39, 0.29) is 23.7 Å². The van der Waals surface area contributed by atoms with Gasteiger partial charge in [-0.1, -0.05) is 0 Å². The lowest BCUT2D eigenvalue weighted by Gasteiger charge is -2.01. The molecule has 0 aliphatic rings. The molecule has 0 radical (unpaired) electrons. The van der Waals surface area contributed by atoms with Crippen LogP contribution >= 0.6 is 0 Å². The fraction of sp³-hybridized carbons (Fsp3) is 0.375. The minimum Gasteiger partial charge on any atom is -0.396 e. The average Bonchev–Trinajstić information content (AvgIpc) is 2.16. The first kappa shape index (κ1) is 10.1. The first-order chi connectivity index (χ1) is 6.17. The van der Waals surface area contributed by atoms with E-state index in [0.29, 0.717) is 0 Å². The van der Waals surface area contributed by atoms with Gasteiger partial charge in [-0.05, 0) is 18.6 Å². The molecule has 72 valence electrons. The summed E-state index contributed by atoms with van der Waals surface area (Å²) >= 11 is 0. The van der Waals surface area contributed by atoms with Crippen LogP contribution in [0.4, 0.5) is 0 Å². The van der Waals surface area contributed by atoms with E-state index in [9.17, 15) is 8.42 Å². The van der Waals surface area contributed by atoms with Gasteiger partial charge in [-0.15, -0.1) is 0 Å². The zero-order valence-corrected chi connectivity index (χ0v) is 7.87. The molecule has 13 heavy (non-hydrogen) atoms. The Morgan fingerprint density at radius 2 is 1.92 bits per heavy atom. The number of nitrogens with zero attached hydrogens (tertiary/aromatic N) is 1. The number of sulfone groups is 1. The van der Waals surface area contributed by atoms with Gasteiger partial charge in [0.1, 0.15) is 0 Å². The highest BCUT2D eigenvalue weighted by atomic mass is 32.2. The normalized spacial score (nSPS) is 11.5. The van der Waals surface area contributed by atoms with Gasteiger partial charge in [-0.25, -0.2) is 8.42 Å². The minimum atomic E-state index is -3.22. The van der Waals surface area contributed by atoms with E-state index in [1.807, 2.05) is 0 Å². The van der Waals surface area contributed by atoms with Crippen LogP contribution in [0.5, 0.6) is 0 Å². The van der Waals surface area contributed by atoms with E-state index in [1.165, 1.54) is 24.5 Å². The highest BCUT2D eigenvalue weighted by Gasteiger charge is 2.12. The Morgan fingerprint density at radius 3 is 2.46 bits per heavy atom. The van der Waals surface area contributed by atoms with Crippen molar-refractivity contribution in [3.63, 3.8) is 0 Å². The summed E-state index contributed by atoms with van der Waals surface area (Å²) < 4.78 is 22.9. The summed E-state index contributed by atoms with van der Waals surface area (Å²) in [5, 5.41) is 8.50. The molecule has 0 atom stereocenters. The fourth-order valence-electron chi connectivity index (χ4n) is 0.918. The standard InChI is InChI=1S/C8H11NO3S/c10-6-1-7-13(11,12)8-2-4-9-5-3-8/h2-5,10H,1,6-7H2. The van der Waals surface area contributed by atoms with Crippen LogP contribution in [0.2, 0.25) is 0 Å². The van der Waals surface area contributed by atoms with E-state index in [1.54, 1.807) is 0 Å². The van der Waals surface area contributed by atoms with Crippen molar-refractivity contribution in [3.8, 4) is 0 Å². The van der Waals surface area contributed by atoms with Crippen molar-refractivity contribution in [2.75, 3.05) is 12.4 Å². The Kier molecular flexibility index (Phi) is 3.39. The highest BCUT2D eigenvalue weighted by molar-refractivity contribution is 7.91. The predicted molar refractivity (Wildman–Crippen MR) is 48.0 cm³/mol. The maximum atomic E-state index is 11.5. The van der Waals surface area contributed by atoms with Crippen molar-refractivity contribution in [1.29, 1.82) is 0 Å². The summed E-state index contributed by atoms with van der Waals surface area (Å²) in [7, 11) is -3.22. The van der Waals surface area contributed by atoms with Gasteiger partial charge in [0.2, 0.25) is 0 Å². The second-order valence-electron chi connectivity index (χ2n) is 2.58. The van der Waals surface area contributed by atoms with Crippen LogP contribution in [0.25, 0.3) is 0 Å². The number of hydrogen-bond acceptors (Lipinski definition) is 4. The molecule has 0 aliphatic carbocycles. The Balaban J connectivity index is 2.83. The first-order valence-corrected chi connectivity index (χ1v) is 5.56. The molecule has 0 amide bonds. The van der Waals surface area contributed by atoms with Gasteiger partial charge >= 0.3 is 0 Å².